The highest BCUT2D eigenvalue weighted by molar-refractivity contribution is 5.97. The number of aromatic hydroxyl groups is 1. The molecule has 1 aromatic carbocycles. The van der Waals surface area contributed by atoms with Crippen LogP contribution in [0.2, 0.25) is 0 Å². The fourth-order valence-electron chi connectivity index (χ4n) is 1.34. The Balaban J connectivity index is 2.44. The fourth-order valence-corrected chi connectivity index (χ4v) is 1.34. The van der Waals surface area contributed by atoms with Crippen molar-refractivity contribution in [1.82, 2.24) is 5.32 Å². The molecule has 1 rings (SSSR count). The van der Waals surface area contributed by atoms with Gasteiger partial charge in [-0.15, -0.1) is 0 Å². The standard InChI is InChI=1S/C12H17NO4/c1-9-3-2-4-10(11(9)15)12(16)13-5-7-17-8-6-14/h2-4,14-15H,5-8H2,1H3,(H,13,16). The number of hydrogen-bond donors (Lipinski definition) is 3. The maximum Gasteiger partial charge on any atom is 0.255 e. The Labute approximate surface area is 100 Å². The first-order valence-electron chi connectivity index (χ1n) is 5.42. The first-order valence-corrected chi connectivity index (χ1v) is 5.42. The monoisotopic (exact) mass is 239 g/mol. The number of amides is 1. The molecule has 0 radical (unpaired) electrons. The molecule has 17 heavy (non-hydrogen) atoms. The summed E-state index contributed by atoms with van der Waals surface area (Å²) in [5.74, 6) is -0.333. The number of phenolic OH excluding ortho intramolecular Hbond substituents is 1. The summed E-state index contributed by atoms with van der Waals surface area (Å²) in [4.78, 5) is 11.7. The van der Waals surface area contributed by atoms with Gasteiger partial charge in [0.15, 0.2) is 0 Å². The molecule has 0 aliphatic rings. The van der Waals surface area contributed by atoms with Gasteiger partial charge in [0.2, 0.25) is 0 Å². The van der Waals surface area contributed by atoms with E-state index in [0.717, 1.165) is 0 Å². The number of aliphatic hydroxyl groups is 1. The van der Waals surface area contributed by atoms with E-state index in [2.05, 4.69) is 5.32 Å². The number of ether oxygens (including phenoxy) is 1. The number of nitrogens with one attached hydrogen (secondary N) is 1. The molecule has 0 saturated heterocycles. The molecule has 0 aliphatic heterocycles. The lowest BCUT2D eigenvalue weighted by Crippen LogP contribution is -2.27. The predicted molar refractivity (Wildman–Crippen MR) is 63.1 cm³/mol. The molecule has 3 N–H and O–H groups in total. The minimum Gasteiger partial charge on any atom is -0.507 e. The Kier molecular flexibility index (Phi) is 5.45. The van der Waals surface area contributed by atoms with Crippen LogP contribution in [0.15, 0.2) is 18.2 Å². The summed E-state index contributed by atoms with van der Waals surface area (Å²) in [5, 5.41) is 20.8. The van der Waals surface area contributed by atoms with Crippen LogP contribution in [0.5, 0.6) is 5.75 Å². The predicted octanol–water partition coefficient (Wildman–Crippen LogP) is 0.439. The molecule has 0 saturated carbocycles. The van der Waals surface area contributed by atoms with Crippen LogP contribution < -0.4 is 5.32 Å². The zero-order valence-electron chi connectivity index (χ0n) is 9.77. The third-order valence-corrected chi connectivity index (χ3v) is 2.25. The van der Waals surface area contributed by atoms with Crippen LogP contribution in [0.3, 0.4) is 0 Å². The van der Waals surface area contributed by atoms with Crippen molar-refractivity contribution in [3.63, 3.8) is 0 Å². The van der Waals surface area contributed by atoms with Crippen molar-refractivity contribution in [3.05, 3.63) is 29.3 Å². The van der Waals surface area contributed by atoms with Crippen molar-refractivity contribution < 1.29 is 19.7 Å². The lowest BCUT2D eigenvalue weighted by Gasteiger charge is -2.08. The Hall–Kier alpha value is -1.59. The highest BCUT2D eigenvalue weighted by Crippen LogP contribution is 2.20. The van der Waals surface area contributed by atoms with Crippen molar-refractivity contribution >= 4 is 5.91 Å². The van der Waals surface area contributed by atoms with Gasteiger partial charge in [-0.3, -0.25) is 4.79 Å². The van der Waals surface area contributed by atoms with E-state index in [1.54, 1.807) is 25.1 Å². The minimum absolute atomic E-state index is 0.00118. The van der Waals surface area contributed by atoms with Crippen LogP contribution in [-0.4, -0.2) is 42.5 Å². The smallest absolute Gasteiger partial charge is 0.255 e. The summed E-state index contributed by atoms with van der Waals surface area (Å²) in [6.45, 7) is 2.62. The second kappa shape index (κ2) is 6.88. The number of carbonyl (C=O) groups excluding carboxylic acids is 1. The van der Waals surface area contributed by atoms with Gasteiger partial charge in [-0.2, -0.15) is 0 Å². The van der Waals surface area contributed by atoms with Crippen molar-refractivity contribution in [3.8, 4) is 5.75 Å². The van der Waals surface area contributed by atoms with Gasteiger partial charge in [0.05, 0.1) is 25.4 Å². The molecule has 0 atom stereocenters. The maximum atomic E-state index is 11.7. The van der Waals surface area contributed by atoms with E-state index in [1.807, 2.05) is 0 Å². The summed E-state index contributed by atoms with van der Waals surface area (Å²) >= 11 is 0. The largest absolute Gasteiger partial charge is 0.507 e. The molecule has 0 aliphatic carbocycles. The summed E-state index contributed by atoms with van der Waals surface area (Å²) < 4.78 is 5.00. The summed E-state index contributed by atoms with van der Waals surface area (Å²) in [7, 11) is 0. The summed E-state index contributed by atoms with van der Waals surface area (Å²) in [5.41, 5.74) is 0.918. The van der Waals surface area contributed by atoms with Crippen LogP contribution in [-0.2, 0) is 4.74 Å². The minimum atomic E-state index is -0.334. The molecule has 0 unspecified atom stereocenters. The molecule has 0 aromatic heterocycles. The lowest BCUT2D eigenvalue weighted by molar-refractivity contribution is 0.0836. The van der Waals surface area contributed by atoms with Crippen molar-refractivity contribution in [1.29, 1.82) is 0 Å². The first-order chi connectivity index (χ1) is 8.16. The van der Waals surface area contributed by atoms with Crippen molar-refractivity contribution in [2.75, 3.05) is 26.4 Å². The Morgan fingerprint density at radius 2 is 2.18 bits per heavy atom. The van der Waals surface area contributed by atoms with Gasteiger partial charge in [-0.05, 0) is 18.6 Å². The number of phenols is 1. The number of benzene rings is 1. The van der Waals surface area contributed by atoms with E-state index in [1.165, 1.54) is 0 Å². The second-order valence-electron chi connectivity index (χ2n) is 3.56. The number of aliphatic hydroxyl groups excluding tert-OH is 1. The third-order valence-electron chi connectivity index (χ3n) is 2.25. The summed E-state index contributed by atoms with van der Waals surface area (Å²) in [6, 6.07) is 5.01. The average molecular weight is 239 g/mol. The average Bonchev–Trinajstić information content (AvgIpc) is 2.32. The Morgan fingerprint density at radius 1 is 1.41 bits per heavy atom. The SMILES string of the molecule is Cc1cccc(C(=O)NCCOCCO)c1O. The normalized spacial score (nSPS) is 10.2. The van der Waals surface area contributed by atoms with Gasteiger partial charge in [-0.25, -0.2) is 0 Å². The van der Waals surface area contributed by atoms with E-state index < -0.39 is 0 Å². The maximum absolute atomic E-state index is 11.7. The number of rotatable bonds is 6. The molecule has 0 bridgehead atoms. The Morgan fingerprint density at radius 3 is 2.88 bits per heavy atom. The van der Waals surface area contributed by atoms with Crippen LogP contribution in [0.4, 0.5) is 0 Å². The fraction of sp³-hybridized carbons (Fsp3) is 0.417. The van der Waals surface area contributed by atoms with Gasteiger partial charge in [-0.1, -0.05) is 12.1 Å². The van der Waals surface area contributed by atoms with Crippen LogP contribution in [0.1, 0.15) is 15.9 Å². The van der Waals surface area contributed by atoms with Gasteiger partial charge in [0, 0.05) is 6.54 Å². The molecule has 0 fully saturated rings. The first kappa shape index (κ1) is 13.5. The molecule has 0 spiro atoms. The molecular weight excluding hydrogens is 222 g/mol. The molecule has 0 heterocycles. The van der Waals surface area contributed by atoms with E-state index in [4.69, 9.17) is 9.84 Å². The number of aryl methyl sites for hydroxylation is 1. The molecule has 1 amide bonds. The van der Waals surface area contributed by atoms with Gasteiger partial charge in [0.25, 0.3) is 5.91 Å². The molecule has 94 valence electrons. The van der Waals surface area contributed by atoms with Crippen LogP contribution in [0.25, 0.3) is 0 Å². The van der Waals surface area contributed by atoms with Crippen molar-refractivity contribution in [2.45, 2.75) is 6.92 Å². The van der Waals surface area contributed by atoms with Gasteiger partial charge in [0.1, 0.15) is 5.75 Å². The van der Waals surface area contributed by atoms with E-state index in [-0.39, 0.29) is 30.4 Å². The zero-order chi connectivity index (χ0) is 12.7. The molecule has 1 aromatic rings. The Bertz CT molecular complexity index is 379. The topological polar surface area (TPSA) is 78.8 Å². The second-order valence-corrected chi connectivity index (χ2v) is 3.56. The third kappa shape index (κ3) is 4.05. The highest BCUT2D eigenvalue weighted by atomic mass is 16.5. The highest BCUT2D eigenvalue weighted by Gasteiger charge is 2.11. The lowest BCUT2D eigenvalue weighted by atomic mass is 10.1. The summed E-state index contributed by atoms with van der Waals surface area (Å²) in [6.07, 6.45) is 0. The number of hydrogen-bond acceptors (Lipinski definition) is 4. The van der Waals surface area contributed by atoms with Crippen LogP contribution >= 0.6 is 0 Å². The number of para-hydroxylation sites is 1. The molecule has 5 heteroatoms. The molecular formula is C12H17NO4. The number of carbonyl (C=O) groups is 1. The van der Waals surface area contributed by atoms with E-state index in [9.17, 15) is 9.90 Å². The van der Waals surface area contributed by atoms with E-state index in [0.29, 0.717) is 18.7 Å². The zero-order valence-corrected chi connectivity index (χ0v) is 9.77. The van der Waals surface area contributed by atoms with Crippen LogP contribution in [0, 0.1) is 6.92 Å². The quantitative estimate of drug-likeness (QED) is 0.629. The molecule has 5 nitrogen and oxygen atoms in total. The van der Waals surface area contributed by atoms with Gasteiger partial charge < -0.3 is 20.3 Å². The van der Waals surface area contributed by atoms with Crippen molar-refractivity contribution in [2.24, 2.45) is 0 Å². The van der Waals surface area contributed by atoms with E-state index >= 15 is 0 Å². The van der Waals surface area contributed by atoms with Gasteiger partial charge >= 0.3 is 0 Å².